The molecule has 1 aromatic rings. The SMILES string of the molecule is O=C(NC1CCCCC1)[C@@H]1Cc2ccccc2N2CCN(CC(=O)N3CCOCC3)C[C@H]12. The number of piperazine rings is 1. The van der Waals surface area contributed by atoms with Crippen molar-refractivity contribution in [3.05, 3.63) is 29.8 Å². The van der Waals surface area contributed by atoms with Crippen molar-refractivity contribution in [3.8, 4) is 0 Å². The molecule has 3 aliphatic heterocycles. The first-order valence-electron chi connectivity index (χ1n) is 12.4. The molecule has 32 heavy (non-hydrogen) atoms. The molecule has 1 saturated carbocycles. The highest BCUT2D eigenvalue weighted by atomic mass is 16.5. The van der Waals surface area contributed by atoms with Gasteiger partial charge in [-0.1, -0.05) is 37.5 Å². The molecule has 1 aliphatic carbocycles. The summed E-state index contributed by atoms with van der Waals surface area (Å²) in [4.78, 5) is 32.9. The topological polar surface area (TPSA) is 65.1 Å². The Hall–Kier alpha value is -2.12. The molecule has 0 aromatic heterocycles. The van der Waals surface area contributed by atoms with Gasteiger partial charge in [0, 0.05) is 44.5 Å². The van der Waals surface area contributed by atoms with E-state index in [0.717, 1.165) is 38.9 Å². The van der Waals surface area contributed by atoms with E-state index < -0.39 is 0 Å². The third-order valence-electron chi connectivity index (χ3n) is 7.72. The number of nitrogens with zero attached hydrogens (tertiary/aromatic N) is 3. The lowest BCUT2D eigenvalue weighted by Crippen LogP contribution is -2.62. The molecular weight excluding hydrogens is 404 g/mol. The van der Waals surface area contributed by atoms with E-state index in [0.29, 0.717) is 38.9 Å². The summed E-state index contributed by atoms with van der Waals surface area (Å²) in [5.41, 5.74) is 2.53. The first-order valence-corrected chi connectivity index (χ1v) is 12.4. The maximum atomic E-state index is 13.5. The van der Waals surface area contributed by atoms with E-state index in [4.69, 9.17) is 4.74 Å². The predicted octanol–water partition coefficient (Wildman–Crippen LogP) is 1.66. The van der Waals surface area contributed by atoms with Crippen LogP contribution in [0, 0.1) is 5.92 Å². The number of rotatable bonds is 4. The Morgan fingerprint density at radius 1 is 1.00 bits per heavy atom. The number of fused-ring (bicyclic) bond motifs is 3. The molecule has 2 amide bonds. The van der Waals surface area contributed by atoms with Crippen LogP contribution in [0.4, 0.5) is 5.69 Å². The van der Waals surface area contributed by atoms with Crippen LogP contribution in [0.1, 0.15) is 37.7 Å². The standard InChI is InChI=1S/C25H36N4O3/c30-24(28-12-14-32-15-13-28)18-27-10-11-29-22-9-5-4-6-19(22)16-21(23(29)17-27)25(31)26-20-7-2-1-3-8-20/h4-6,9,20-21,23H,1-3,7-8,10-18H2,(H,26,31)/t21-,23-/m1/s1. The molecular formula is C25H36N4O3. The Labute approximate surface area is 191 Å². The minimum Gasteiger partial charge on any atom is -0.378 e. The van der Waals surface area contributed by atoms with Crippen LogP contribution in [0.15, 0.2) is 24.3 Å². The highest BCUT2D eigenvalue weighted by Crippen LogP contribution is 2.36. The zero-order valence-electron chi connectivity index (χ0n) is 19.0. The number of morpholine rings is 1. The zero-order valence-corrected chi connectivity index (χ0v) is 19.0. The smallest absolute Gasteiger partial charge is 0.236 e. The van der Waals surface area contributed by atoms with Crippen LogP contribution < -0.4 is 10.2 Å². The first-order chi connectivity index (χ1) is 15.7. The van der Waals surface area contributed by atoms with E-state index >= 15 is 0 Å². The molecule has 7 heteroatoms. The van der Waals surface area contributed by atoms with Crippen LogP contribution in [-0.2, 0) is 20.7 Å². The Bertz CT molecular complexity index is 819. The van der Waals surface area contributed by atoms with Crippen LogP contribution in [-0.4, -0.2) is 86.2 Å². The van der Waals surface area contributed by atoms with E-state index in [9.17, 15) is 9.59 Å². The summed E-state index contributed by atoms with van der Waals surface area (Å²) < 4.78 is 5.39. The number of anilines is 1. The predicted molar refractivity (Wildman–Crippen MR) is 124 cm³/mol. The van der Waals surface area contributed by atoms with Crippen molar-refractivity contribution in [1.82, 2.24) is 15.1 Å². The lowest BCUT2D eigenvalue weighted by atomic mass is 9.83. The zero-order chi connectivity index (χ0) is 21.9. The van der Waals surface area contributed by atoms with E-state index in [1.54, 1.807) is 0 Å². The van der Waals surface area contributed by atoms with E-state index in [-0.39, 0.29) is 23.8 Å². The highest BCUT2D eigenvalue weighted by Gasteiger charge is 2.42. The van der Waals surface area contributed by atoms with Gasteiger partial charge >= 0.3 is 0 Å². The van der Waals surface area contributed by atoms with Crippen molar-refractivity contribution in [2.45, 2.75) is 50.6 Å². The summed E-state index contributed by atoms with van der Waals surface area (Å²) >= 11 is 0. The quantitative estimate of drug-likeness (QED) is 0.772. The normalized spacial score (nSPS) is 26.9. The number of carbonyl (C=O) groups excluding carboxylic acids is 2. The Morgan fingerprint density at radius 3 is 2.59 bits per heavy atom. The monoisotopic (exact) mass is 440 g/mol. The third-order valence-corrected chi connectivity index (χ3v) is 7.72. The van der Waals surface area contributed by atoms with Crippen LogP contribution in [0.5, 0.6) is 0 Å². The molecule has 1 aromatic carbocycles. The maximum Gasteiger partial charge on any atom is 0.236 e. The molecule has 1 N–H and O–H groups in total. The van der Waals surface area contributed by atoms with Gasteiger partial charge in [-0.25, -0.2) is 0 Å². The van der Waals surface area contributed by atoms with Gasteiger partial charge in [-0.05, 0) is 30.9 Å². The minimum absolute atomic E-state index is 0.0758. The fourth-order valence-electron chi connectivity index (χ4n) is 5.92. The van der Waals surface area contributed by atoms with Crippen LogP contribution >= 0.6 is 0 Å². The van der Waals surface area contributed by atoms with E-state index in [2.05, 4.69) is 39.4 Å². The number of hydrogen-bond acceptors (Lipinski definition) is 5. The highest BCUT2D eigenvalue weighted by molar-refractivity contribution is 5.82. The number of nitrogens with one attached hydrogen (secondary N) is 1. The lowest BCUT2D eigenvalue weighted by Gasteiger charge is -2.49. The average Bonchev–Trinajstić information content (AvgIpc) is 2.84. The minimum atomic E-state index is -0.0758. The summed E-state index contributed by atoms with van der Waals surface area (Å²) in [7, 11) is 0. The number of benzene rings is 1. The summed E-state index contributed by atoms with van der Waals surface area (Å²) in [6, 6.07) is 8.95. The van der Waals surface area contributed by atoms with Crippen LogP contribution in [0.2, 0.25) is 0 Å². The molecule has 4 aliphatic rings. The van der Waals surface area contributed by atoms with Crippen molar-refractivity contribution in [2.24, 2.45) is 5.92 Å². The lowest BCUT2D eigenvalue weighted by molar-refractivity contribution is -0.136. The maximum absolute atomic E-state index is 13.5. The molecule has 0 unspecified atom stereocenters. The molecule has 2 saturated heterocycles. The van der Waals surface area contributed by atoms with Gasteiger partial charge in [-0.3, -0.25) is 14.5 Å². The fraction of sp³-hybridized carbons (Fsp3) is 0.680. The molecule has 5 rings (SSSR count). The van der Waals surface area contributed by atoms with E-state index in [1.807, 2.05) is 4.90 Å². The molecule has 0 radical (unpaired) electrons. The van der Waals surface area contributed by atoms with Crippen molar-refractivity contribution < 1.29 is 14.3 Å². The molecule has 0 bridgehead atoms. The largest absolute Gasteiger partial charge is 0.378 e. The first kappa shape index (κ1) is 21.7. The number of ether oxygens (including phenoxy) is 1. The van der Waals surface area contributed by atoms with Gasteiger partial charge in [0.1, 0.15) is 0 Å². The summed E-state index contributed by atoms with van der Waals surface area (Å²) in [5, 5.41) is 3.39. The second-order valence-electron chi connectivity index (χ2n) is 9.77. The summed E-state index contributed by atoms with van der Waals surface area (Å²) in [6.07, 6.45) is 6.69. The number of carbonyl (C=O) groups is 2. The van der Waals surface area contributed by atoms with Crippen molar-refractivity contribution in [1.29, 1.82) is 0 Å². The summed E-state index contributed by atoms with van der Waals surface area (Å²) in [6.45, 7) is 5.51. The second-order valence-corrected chi connectivity index (χ2v) is 9.77. The Balaban J connectivity index is 1.30. The number of hydrogen-bond donors (Lipinski definition) is 1. The van der Waals surface area contributed by atoms with Gasteiger partial charge in [0.25, 0.3) is 0 Å². The van der Waals surface area contributed by atoms with Gasteiger partial charge < -0.3 is 19.9 Å². The second kappa shape index (κ2) is 9.79. The number of para-hydroxylation sites is 1. The van der Waals surface area contributed by atoms with Gasteiger partial charge in [0.15, 0.2) is 0 Å². The van der Waals surface area contributed by atoms with E-state index in [1.165, 1.54) is 30.5 Å². The van der Waals surface area contributed by atoms with Crippen molar-refractivity contribution in [3.63, 3.8) is 0 Å². The summed E-state index contributed by atoms with van der Waals surface area (Å²) in [5.74, 6) is 0.303. The molecule has 0 spiro atoms. The Kier molecular flexibility index (Phi) is 6.64. The third kappa shape index (κ3) is 4.64. The molecule has 3 fully saturated rings. The fourth-order valence-corrected chi connectivity index (χ4v) is 5.92. The Morgan fingerprint density at radius 2 is 1.78 bits per heavy atom. The molecule has 174 valence electrons. The molecule has 7 nitrogen and oxygen atoms in total. The van der Waals surface area contributed by atoms with Crippen LogP contribution in [0.3, 0.4) is 0 Å². The van der Waals surface area contributed by atoms with Gasteiger partial charge in [0.05, 0.1) is 31.7 Å². The van der Waals surface area contributed by atoms with Crippen molar-refractivity contribution in [2.75, 3.05) is 57.4 Å². The van der Waals surface area contributed by atoms with Gasteiger partial charge in [-0.2, -0.15) is 0 Å². The number of amides is 2. The van der Waals surface area contributed by atoms with Gasteiger partial charge in [0.2, 0.25) is 11.8 Å². The average molecular weight is 441 g/mol. The van der Waals surface area contributed by atoms with Gasteiger partial charge in [-0.15, -0.1) is 0 Å². The van der Waals surface area contributed by atoms with Crippen molar-refractivity contribution >= 4 is 17.5 Å². The van der Waals surface area contributed by atoms with Crippen LogP contribution in [0.25, 0.3) is 0 Å². The molecule has 3 heterocycles. The molecule has 2 atom stereocenters.